The molecule has 1 aliphatic carbocycles. The summed E-state index contributed by atoms with van der Waals surface area (Å²) in [6.07, 6.45) is 8.61. The van der Waals surface area contributed by atoms with Crippen molar-refractivity contribution in [2.24, 2.45) is 5.92 Å². The third-order valence-electron chi connectivity index (χ3n) is 4.64. The first-order valence-electron chi connectivity index (χ1n) is 8.17. The van der Waals surface area contributed by atoms with Gasteiger partial charge in [0.2, 0.25) is 0 Å². The largest absolute Gasteiger partial charge is 0.378 e. The first kappa shape index (κ1) is 15.4. The van der Waals surface area contributed by atoms with Crippen molar-refractivity contribution >= 4 is 5.69 Å². The molecule has 112 valence electrons. The average Bonchev–Trinajstić information content (AvgIpc) is 2.48. The van der Waals surface area contributed by atoms with Gasteiger partial charge in [0, 0.05) is 25.8 Å². The van der Waals surface area contributed by atoms with Crippen LogP contribution in [0.15, 0.2) is 24.3 Å². The molecule has 1 N–H and O–H groups in total. The zero-order chi connectivity index (χ0) is 14.4. The van der Waals surface area contributed by atoms with Crippen LogP contribution in [0.2, 0.25) is 0 Å². The number of benzene rings is 1. The highest BCUT2D eigenvalue weighted by atomic mass is 15.1. The zero-order valence-corrected chi connectivity index (χ0v) is 13.4. The van der Waals surface area contributed by atoms with Gasteiger partial charge in [-0.25, -0.2) is 0 Å². The molecule has 2 rings (SSSR count). The Morgan fingerprint density at radius 3 is 2.35 bits per heavy atom. The normalized spacial score (nSPS) is 17.9. The second kappa shape index (κ2) is 7.68. The van der Waals surface area contributed by atoms with E-state index >= 15 is 0 Å². The van der Waals surface area contributed by atoms with Crippen LogP contribution in [0.1, 0.15) is 57.1 Å². The van der Waals surface area contributed by atoms with E-state index in [4.69, 9.17) is 0 Å². The molecule has 1 atom stereocenters. The lowest BCUT2D eigenvalue weighted by Gasteiger charge is -2.23. The van der Waals surface area contributed by atoms with E-state index in [2.05, 4.69) is 55.5 Å². The van der Waals surface area contributed by atoms with E-state index in [1.165, 1.54) is 49.8 Å². The summed E-state index contributed by atoms with van der Waals surface area (Å²) in [5, 5.41) is 3.68. The molecule has 0 bridgehead atoms. The lowest BCUT2D eigenvalue weighted by atomic mass is 9.87. The molecular weight excluding hydrogens is 244 g/mol. The van der Waals surface area contributed by atoms with Gasteiger partial charge in [-0.1, -0.05) is 44.2 Å². The highest BCUT2D eigenvalue weighted by molar-refractivity contribution is 5.46. The Kier molecular flexibility index (Phi) is 5.90. The summed E-state index contributed by atoms with van der Waals surface area (Å²) in [7, 11) is 4.17. The van der Waals surface area contributed by atoms with E-state index in [1.807, 2.05) is 0 Å². The van der Waals surface area contributed by atoms with Crippen molar-refractivity contribution < 1.29 is 0 Å². The fourth-order valence-corrected chi connectivity index (χ4v) is 3.16. The molecule has 0 spiro atoms. The molecule has 1 aromatic rings. The highest BCUT2D eigenvalue weighted by Crippen LogP contribution is 2.26. The molecular formula is C18H30N2. The van der Waals surface area contributed by atoms with Gasteiger partial charge in [0.05, 0.1) is 0 Å². The molecule has 1 fully saturated rings. The van der Waals surface area contributed by atoms with E-state index in [0.717, 1.165) is 12.5 Å². The third kappa shape index (κ3) is 4.52. The molecule has 0 heterocycles. The fourth-order valence-electron chi connectivity index (χ4n) is 3.16. The Labute approximate surface area is 124 Å². The predicted molar refractivity (Wildman–Crippen MR) is 88.4 cm³/mol. The lowest BCUT2D eigenvalue weighted by molar-refractivity contribution is 0.329. The first-order chi connectivity index (χ1) is 9.66. The Morgan fingerprint density at radius 1 is 1.10 bits per heavy atom. The van der Waals surface area contributed by atoms with Crippen molar-refractivity contribution in [3.63, 3.8) is 0 Å². The molecule has 0 aromatic heterocycles. The minimum Gasteiger partial charge on any atom is -0.378 e. The summed E-state index contributed by atoms with van der Waals surface area (Å²) < 4.78 is 0. The van der Waals surface area contributed by atoms with E-state index in [0.29, 0.717) is 6.04 Å². The summed E-state index contributed by atoms with van der Waals surface area (Å²) in [4.78, 5) is 2.14. The van der Waals surface area contributed by atoms with Crippen molar-refractivity contribution in [3.8, 4) is 0 Å². The Hall–Kier alpha value is -1.02. The van der Waals surface area contributed by atoms with Gasteiger partial charge in [0.15, 0.2) is 0 Å². The van der Waals surface area contributed by atoms with Gasteiger partial charge in [-0.2, -0.15) is 0 Å². The monoisotopic (exact) mass is 274 g/mol. The lowest BCUT2D eigenvalue weighted by Crippen LogP contribution is -2.22. The zero-order valence-electron chi connectivity index (χ0n) is 13.4. The van der Waals surface area contributed by atoms with Gasteiger partial charge < -0.3 is 10.2 Å². The van der Waals surface area contributed by atoms with E-state index in [-0.39, 0.29) is 0 Å². The van der Waals surface area contributed by atoms with Crippen molar-refractivity contribution in [1.29, 1.82) is 0 Å². The summed E-state index contributed by atoms with van der Waals surface area (Å²) in [6, 6.07) is 9.35. The minimum atomic E-state index is 0.454. The number of hydrogen-bond donors (Lipinski definition) is 1. The smallest absolute Gasteiger partial charge is 0.0361 e. The molecule has 1 aliphatic rings. The second-order valence-corrected chi connectivity index (χ2v) is 6.45. The summed E-state index contributed by atoms with van der Waals surface area (Å²) in [5.74, 6) is 0.972. The van der Waals surface area contributed by atoms with Crippen LogP contribution in [0.4, 0.5) is 5.69 Å². The van der Waals surface area contributed by atoms with Crippen LogP contribution in [0.3, 0.4) is 0 Å². The number of nitrogens with zero attached hydrogens (tertiary/aromatic N) is 1. The van der Waals surface area contributed by atoms with Crippen LogP contribution in [0, 0.1) is 5.92 Å². The first-order valence-corrected chi connectivity index (χ1v) is 8.17. The van der Waals surface area contributed by atoms with E-state index in [1.54, 1.807) is 0 Å². The van der Waals surface area contributed by atoms with Gasteiger partial charge in [-0.3, -0.25) is 0 Å². The fraction of sp³-hybridized carbons (Fsp3) is 0.667. The molecule has 0 amide bonds. The minimum absolute atomic E-state index is 0.454. The van der Waals surface area contributed by atoms with Gasteiger partial charge in [0.25, 0.3) is 0 Å². The topological polar surface area (TPSA) is 15.3 Å². The van der Waals surface area contributed by atoms with Crippen LogP contribution < -0.4 is 10.2 Å². The van der Waals surface area contributed by atoms with Crippen LogP contribution in [0.5, 0.6) is 0 Å². The molecule has 1 saturated carbocycles. The summed E-state index contributed by atoms with van der Waals surface area (Å²) in [5.41, 5.74) is 2.65. The summed E-state index contributed by atoms with van der Waals surface area (Å²) in [6.45, 7) is 3.42. The van der Waals surface area contributed by atoms with Crippen molar-refractivity contribution in [3.05, 3.63) is 29.8 Å². The maximum Gasteiger partial charge on any atom is 0.0361 e. The molecule has 0 radical (unpaired) electrons. The third-order valence-corrected chi connectivity index (χ3v) is 4.64. The van der Waals surface area contributed by atoms with Crippen molar-refractivity contribution in [2.45, 2.75) is 51.5 Å². The molecule has 2 nitrogen and oxygen atoms in total. The molecule has 0 saturated heterocycles. The standard InChI is InChI=1S/C18H30N2/c1-15(17-9-11-18(12-10-17)20(2)3)19-14-13-16-7-5-4-6-8-16/h9-12,15-16,19H,4-8,13-14H2,1-3H3. The number of nitrogens with one attached hydrogen (secondary N) is 1. The number of anilines is 1. The van der Waals surface area contributed by atoms with Crippen LogP contribution in [0.25, 0.3) is 0 Å². The number of rotatable bonds is 6. The quantitative estimate of drug-likeness (QED) is 0.828. The molecule has 1 aromatic carbocycles. The maximum absolute atomic E-state index is 3.68. The predicted octanol–water partition coefficient (Wildman–Crippen LogP) is 4.37. The molecule has 1 unspecified atom stereocenters. The average molecular weight is 274 g/mol. The van der Waals surface area contributed by atoms with Crippen LogP contribution in [-0.2, 0) is 0 Å². The number of hydrogen-bond acceptors (Lipinski definition) is 2. The van der Waals surface area contributed by atoms with Gasteiger partial charge in [0.1, 0.15) is 0 Å². The van der Waals surface area contributed by atoms with Gasteiger partial charge in [-0.15, -0.1) is 0 Å². The van der Waals surface area contributed by atoms with Crippen molar-refractivity contribution in [1.82, 2.24) is 5.32 Å². The highest BCUT2D eigenvalue weighted by Gasteiger charge is 2.13. The van der Waals surface area contributed by atoms with E-state index in [9.17, 15) is 0 Å². The molecule has 0 aliphatic heterocycles. The van der Waals surface area contributed by atoms with Crippen LogP contribution in [-0.4, -0.2) is 20.6 Å². The Morgan fingerprint density at radius 2 is 1.75 bits per heavy atom. The van der Waals surface area contributed by atoms with E-state index < -0.39 is 0 Å². The second-order valence-electron chi connectivity index (χ2n) is 6.45. The van der Waals surface area contributed by atoms with Gasteiger partial charge in [-0.05, 0) is 43.5 Å². The Bertz CT molecular complexity index is 377. The Balaban J connectivity index is 1.74. The SMILES string of the molecule is CC(NCCC1CCCCC1)c1ccc(N(C)C)cc1. The van der Waals surface area contributed by atoms with Crippen molar-refractivity contribution in [2.75, 3.05) is 25.5 Å². The molecule has 2 heteroatoms. The molecule has 20 heavy (non-hydrogen) atoms. The maximum atomic E-state index is 3.68. The van der Waals surface area contributed by atoms with Gasteiger partial charge >= 0.3 is 0 Å². The van der Waals surface area contributed by atoms with Crippen LogP contribution >= 0.6 is 0 Å². The summed E-state index contributed by atoms with van der Waals surface area (Å²) >= 11 is 0.